The lowest BCUT2D eigenvalue weighted by atomic mass is 10.2. The monoisotopic (exact) mass is 331 g/mol. The Kier molecular flexibility index (Phi) is 4.31. The van der Waals surface area contributed by atoms with E-state index in [4.69, 9.17) is 5.10 Å². The first-order valence-corrected chi connectivity index (χ1v) is 8.43. The molecule has 0 amide bonds. The molecule has 0 unspecified atom stereocenters. The van der Waals surface area contributed by atoms with Gasteiger partial charge in [0.15, 0.2) is 0 Å². The molecule has 0 atom stereocenters. The molecular weight excluding hydrogens is 317 g/mol. The van der Waals surface area contributed by atoms with E-state index in [0.29, 0.717) is 0 Å². The predicted octanol–water partition coefficient (Wildman–Crippen LogP) is 4.22. The maximum atomic E-state index is 13.1. The zero-order valence-electron chi connectivity index (χ0n) is 12.2. The molecule has 3 nitrogen and oxygen atoms in total. The fraction of sp³-hybridized carbons (Fsp3) is 0.125. The highest BCUT2D eigenvalue weighted by Gasteiger charge is 2.09. The third-order valence-corrected chi connectivity index (χ3v) is 5.03. The van der Waals surface area contributed by atoms with Crippen LogP contribution in [0.15, 0.2) is 57.3 Å². The molecule has 2 aromatic heterocycles. The zero-order chi connectivity index (χ0) is 15.5. The van der Waals surface area contributed by atoms with Gasteiger partial charge in [-0.2, -0.15) is 5.10 Å². The Labute approximate surface area is 135 Å². The number of benzene rings is 1. The molecule has 0 aliphatic rings. The van der Waals surface area contributed by atoms with Gasteiger partial charge in [-0.3, -0.25) is 4.99 Å². The van der Waals surface area contributed by atoms with Gasteiger partial charge in [0.05, 0.1) is 16.3 Å². The summed E-state index contributed by atoms with van der Waals surface area (Å²) in [5, 5.41) is 8.71. The highest BCUT2D eigenvalue weighted by atomic mass is 32.1. The molecular formula is C16H14FN3S2. The van der Waals surface area contributed by atoms with E-state index in [1.54, 1.807) is 30.5 Å². The van der Waals surface area contributed by atoms with Gasteiger partial charge in [0.2, 0.25) is 4.80 Å². The van der Waals surface area contributed by atoms with Crippen LogP contribution < -0.4 is 4.80 Å². The van der Waals surface area contributed by atoms with Gasteiger partial charge in [-0.15, -0.1) is 22.7 Å². The largest absolute Gasteiger partial charge is 0.261 e. The number of rotatable bonds is 3. The Morgan fingerprint density at radius 2 is 1.91 bits per heavy atom. The molecule has 0 fully saturated rings. The van der Waals surface area contributed by atoms with Gasteiger partial charge in [-0.1, -0.05) is 6.07 Å². The van der Waals surface area contributed by atoms with Crippen LogP contribution in [0.4, 0.5) is 4.39 Å². The van der Waals surface area contributed by atoms with Crippen LogP contribution in [-0.4, -0.2) is 17.4 Å². The Bertz CT molecular complexity index is 856. The number of aromatic nitrogens is 1. The average molecular weight is 331 g/mol. The average Bonchev–Trinajstić information content (AvgIpc) is 3.17. The normalized spacial score (nSPS) is 12.9. The summed E-state index contributed by atoms with van der Waals surface area (Å²) in [6.07, 6.45) is 0. The minimum atomic E-state index is -0.246. The Morgan fingerprint density at radius 3 is 2.55 bits per heavy atom. The first-order valence-electron chi connectivity index (χ1n) is 6.68. The van der Waals surface area contributed by atoms with Crippen LogP contribution in [0.3, 0.4) is 0 Å². The fourth-order valence-electron chi connectivity index (χ4n) is 2.05. The van der Waals surface area contributed by atoms with Gasteiger partial charge in [0.25, 0.3) is 0 Å². The molecule has 6 heteroatoms. The topological polar surface area (TPSA) is 29.6 Å². The van der Waals surface area contributed by atoms with E-state index in [-0.39, 0.29) is 5.82 Å². The molecule has 0 spiro atoms. The molecule has 112 valence electrons. The van der Waals surface area contributed by atoms with E-state index < -0.39 is 0 Å². The lowest BCUT2D eigenvalue weighted by molar-refractivity contribution is 0.628. The van der Waals surface area contributed by atoms with Crippen LogP contribution in [-0.2, 0) is 0 Å². The highest BCUT2D eigenvalue weighted by molar-refractivity contribution is 7.12. The van der Waals surface area contributed by atoms with E-state index >= 15 is 0 Å². The Balaban J connectivity index is 2.12. The fourth-order valence-corrected chi connectivity index (χ4v) is 3.52. The first-order chi connectivity index (χ1) is 10.7. The molecule has 0 saturated carbocycles. The molecule has 0 aliphatic carbocycles. The third-order valence-electron chi connectivity index (χ3n) is 3.14. The highest BCUT2D eigenvalue weighted by Crippen LogP contribution is 2.21. The van der Waals surface area contributed by atoms with E-state index in [1.807, 2.05) is 34.5 Å². The molecule has 0 radical (unpaired) electrons. The quantitative estimate of drug-likeness (QED) is 0.643. The molecule has 1 aromatic carbocycles. The molecule has 3 aromatic rings. The van der Waals surface area contributed by atoms with Crippen molar-refractivity contribution in [3.8, 4) is 11.3 Å². The molecule has 0 saturated heterocycles. The smallest absolute Gasteiger partial charge is 0.205 e. The SMILES string of the molecule is CN=c1scc(-c2ccc(F)cc2)n1N=C(C)c1cccs1. The van der Waals surface area contributed by atoms with Crippen molar-refractivity contribution in [1.82, 2.24) is 4.68 Å². The summed E-state index contributed by atoms with van der Waals surface area (Å²) in [7, 11) is 1.74. The number of thiophene rings is 1. The number of hydrogen-bond acceptors (Lipinski definition) is 4. The second kappa shape index (κ2) is 6.37. The van der Waals surface area contributed by atoms with Crippen LogP contribution in [0.25, 0.3) is 11.3 Å². The van der Waals surface area contributed by atoms with E-state index in [9.17, 15) is 4.39 Å². The number of halogens is 1. The number of thiazole rings is 1. The van der Waals surface area contributed by atoms with Gasteiger partial charge >= 0.3 is 0 Å². The van der Waals surface area contributed by atoms with Crippen LogP contribution in [0.2, 0.25) is 0 Å². The summed E-state index contributed by atoms with van der Waals surface area (Å²) in [6, 6.07) is 10.5. The second-order valence-electron chi connectivity index (χ2n) is 4.61. The number of nitrogens with zero attached hydrogens (tertiary/aromatic N) is 3. The van der Waals surface area contributed by atoms with Crippen LogP contribution >= 0.6 is 22.7 Å². The standard InChI is InChI=1S/C16H14FN3S2/c1-11(15-4-3-9-21-15)19-20-14(10-22-16(20)18-2)12-5-7-13(17)8-6-12/h3-10H,1-2H3. The maximum Gasteiger partial charge on any atom is 0.205 e. The molecule has 0 N–H and O–H groups in total. The maximum absolute atomic E-state index is 13.1. The van der Waals surface area contributed by atoms with Gasteiger partial charge in [0, 0.05) is 18.0 Å². The van der Waals surface area contributed by atoms with Gasteiger partial charge in [-0.25, -0.2) is 9.07 Å². The van der Waals surface area contributed by atoms with E-state index in [0.717, 1.165) is 26.6 Å². The van der Waals surface area contributed by atoms with Gasteiger partial charge in [0.1, 0.15) is 5.82 Å². The molecule has 0 aliphatic heterocycles. The van der Waals surface area contributed by atoms with Gasteiger partial charge in [-0.05, 0) is 42.6 Å². The molecule has 2 heterocycles. The van der Waals surface area contributed by atoms with Crippen molar-refractivity contribution >= 4 is 28.4 Å². The third kappa shape index (κ3) is 2.93. The van der Waals surface area contributed by atoms with Crippen molar-refractivity contribution in [2.24, 2.45) is 10.1 Å². The molecule has 0 bridgehead atoms. The summed E-state index contributed by atoms with van der Waals surface area (Å²) < 4.78 is 14.9. The summed E-state index contributed by atoms with van der Waals surface area (Å²) in [6.45, 7) is 1.98. The second-order valence-corrected chi connectivity index (χ2v) is 6.39. The van der Waals surface area contributed by atoms with Gasteiger partial charge < -0.3 is 0 Å². The first kappa shape index (κ1) is 14.9. The lowest BCUT2D eigenvalue weighted by Gasteiger charge is -2.05. The van der Waals surface area contributed by atoms with Crippen LogP contribution in [0.5, 0.6) is 0 Å². The van der Waals surface area contributed by atoms with Crippen molar-refractivity contribution in [2.75, 3.05) is 7.05 Å². The lowest BCUT2D eigenvalue weighted by Crippen LogP contribution is -2.13. The van der Waals surface area contributed by atoms with Crippen molar-refractivity contribution in [3.05, 3.63) is 62.7 Å². The Morgan fingerprint density at radius 1 is 1.14 bits per heavy atom. The Hall–Kier alpha value is -2.05. The minimum Gasteiger partial charge on any atom is -0.261 e. The number of hydrogen-bond donors (Lipinski definition) is 0. The minimum absolute atomic E-state index is 0.246. The van der Waals surface area contributed by atoms with Crippen molar-refractivity contribution in [1.29, 1.82) is 0 Å². The van der Waals surface area contributed by atoms with E-state index in [1.165, 1.54) is 23.5 Å². The molecule has 22 heavy (non-hydrogen) atoms. The molecule has 3 rings (SSSR count). The van der Waals surface area contributed by atoms with Crippen LogP contribution in [0.1, 0.15) is 11.8 Å². The van der Waals surface area contributed by atoms with E-state index in [2.05, 4.69) is 4.99 Å². The van der Waals surface area contributed by atoms with Crippen molar-refractivity contribution < 1.29 is 4.39 Å². The predicted molar refractivity (Wildman–Crippen MR) is 91.1 cm³/mol. The zero-order valence-corrected chi connectivity index (χ0v) is 13.8. The summed E-state index contributed by atoms with van der Waals surface area (Å²) >= 11 is 3.16. The van der Waals surface area contributed by atoms with Crippen molar-refractivity contribution in [2.45, 2.75) is 6.92 Å². The summed E-state index contributed by atoms with van der Waals surface area (Å²) in [5.74, 6) is -0.246. The van der Waals surface area contributed by atoms with Crippen molar-refractivity contribution in [3.63, 3.8) is 0 Å². The summed E-state index contributed by atoms with van der Waals surface area (Å²) in [4.78, 5) is 6.19. The summed E-state index contributed by atoms with van der Waals surface area (Å²) in [5.41, 5.74) is 2.74. The van der Waals surface area contributed by atoms with Crippen LogP contribution in [0, 0.1) is 5.82 Å².